The van der Waals surface area contributed by atoms with Crippen molar-refractivity contribution in [1.82, 2.24) is 0 Å². The maximum Gasteiger partial charge on any atom is 0.285 e. The smallest absolute Gasteiger partial charge is 0.285 e. The Hall–Kier alpha value is -2.39. The normalized spacial score (nSPS) is 9.80. The van der Waals surface area contributed by atoms with Crippen molar-refractivity contribution in [3.05, 3.63) is 68.2 Å². The van der Waals surface area contributed by atoms with Gasteiger partial charge in [0, 0.05) is 18.3 Å². The number of nitriles is 1. The van der Waals surface area contributed by atoms with Gasteiger partial charge in [-0.15, -0.1) is 0 Å². The number of nitrogens with one attached hydrogen (secondary N) is 1. The highest BCUT2D eigenvalue weighted by Gasteiger charge is 2.12. The van der Waals surface area contributed by atoms with Crippen molar-refractivity contribution < 1.29 is 4.92 Å². The van der Waals surface area contributed by atoms with Gasteiger partial charge in [0.15, 0.2) is 0 Å². The van der Waals surface area contributed by atoms with E-state index in [1.807, 2.05) is 6.07 Å². The van der Waals surface area contributed by atoms with Crippen molar-refractivity contribution in [2.24, 2.45) is 0 Å². The van der Waals surface area contributed by atoms with E-state index in [0.717, 1.165) is 5.56 Å². The van der Waals surface area contributed by atoms with Crippen molar-refractivity contribution in [2.45, 2.75) is 6.54 Å². The Morgan fingerprint density at radius 3 is 2.80 bits per heavy atom. The second-order valence-corrected chi connectivity index (χ2v) is 4.94. The summed E-state index contributed by atoms with van der Waals surface area (Å²) in [5.41, 5.74) is 2.20. The van der Waals surface area contributed by atoms with E-state index in [0.29, 0.717) is 22.3 Å². The third-order valence-corrected chi connectivity index (χ3v) is 3.37. The summed E-state index contributed by atoms with van der Waals surface area (Å²) in [6.07, 6.45) is 0. The van der Waals surface area contributed by atoms with Crippen molar-refractivity contribution in [2.75, 3.05) is 5.32 Å². The molecule has 0 aliphatic heterocycles. The molecule has 0 fully saturated rings. The molecule has 6 heteroatoms. The van der Waals surface area contributed by atoms with Gasteiger partial charge < -0.3 is 5.32 Å². The Morgan fingerprint density at radius 2 is 2.10 bits per heavy atom. The molecule has 0 spiro atoms. The number of halogens is 1. The van der Waals surface area contributed by atoms with E-state index in [1.54, 1.807) is 30.3 Å². The summed E-state index contributed by atoms with van der Waals surface area (Å²) in [7, 11) is 0. The lowest BCUT2D eigenvalue weighted by atomic mass is 10.1. The topological polar surface area (TPSA) is 79.0 Å². The zero-order chi connectivity index (χ0) is 14.5. The fourth-order valence-electron chi connectivity index (χ4n) is 1.72. The first-order chi connectivity index (χ1) is 9.60. The number of nitro benzene ring substituents is 1. The van der Waals surface area contributed by atoms with Gasteiger partial charge in [0.2, 0.25) is 0 Å². The van der Waals surface area contributed by atoms with Crippen LogP contribution >= 0.6 is 15.9 Å². The Labute approximate surface area is 124 Å². The summed E-state index contributed by atoms with van der Waals surface area (Å²) >= 11 is 3.14. The Balaban J connectivity index is 2.13. The molecule has 0 aromatic heterocycles. The fourth-order valence-corrected chi connectivity index (χ4v) is 2.11. The number of hydrogen-bond donors (Lipinski definition) is 1. The molecule has 0 atom stereocenters. The van der Waals surface area contributed by atoms with Crippen molar-refractivity contribution in [1.29, 1.82) is 5.26 Å². The van der Waals surface area contributed by atoms with Crippen molar-refractivity contribution in [3.63, 3.8) is 0 Å². The lowest BCUT2D eigenvalue weighted by Crippen LogP contribution is -2.00. The summed E-state index contributed by atoms with van der Waals surface area (Å²) in [4.78, 5) is 10.4. The molecule has 5 nitrogen and oxygen atoms in total. The molecule has 0 bridgehead atoms. The van der Waals surface area contributed by atoms with Crippen LogP contribution in [0.15, 0.2) is 46.9 Å². The molecule has 0 aliphatic carbocycles. The van der Waals surface area contributed by atoms with E-state index in [-0.39, 0.29) is 5.69 Å². The SMILES string of the molecule is N#Cc1cccc(CNc2ccc(Br)c([N+](=O)[O-])c2)c1. The minimum atomic E-state index is -0.439. The molecule has 20 heavy (non-hydrogen) atoms. The molecule has 0 aliphatic rings. The summed E-state index contributed by atoms with van der Waals surface area (Å²) in [5.74, 6) is 0. The van der Waals surface area contributed by atoms with Crippen LogP contribution in [-0.2, 0) is 6.54 Å². The molecule has 0 unspecified atom stereocenters. The molecule has 0 heterocycles. The largest absolute Gasteiger partial charge is 0.381 e. The fraction of sp³-hybridized carbons (Fsp3) is 0.0714. The van der Waals surface area contributed by atoms with E-state index in [1.165, 1.54) is 6.07 Å². The molecule has 100 valence electrons. The molecule has 2 rings (SSSR count). The lowest BCUT2D eigenvalue weighted by molar-refractivity contribution is -0.385. The van der Waals surface area contributed by atoms with Gasteiger partial charge in [-0.3, -0.25) is 10.1 Å². The van der Waals surface area contributed by atoms with Gasteiger partial charge in [-0.1, -0.05) is 12.1 Å². The Kier molecular flexibility index (Phi) is 4.33. The standard InChI is InChI=1S/C14H10BrN3O2/c15-13-5-4-12(7-14(13)18(19)20)17-9-11-3-1-2-10(6-11)8-16/h1-7,17H,9H2. The highest BCUT2D eigenvalue weighted by atomic mass is 79.9. The zero-order valence-corrected chi connectivity index (χ0v) is 11.9. The average Bonchev–Trinajstić information content (AvgIpc) is 2.46. The average molecular weight is 332 g/mol. The van der Waals surface area contributed by atoms with Crippen LogP contribution in [0.5, 0.6) is 0 Å². The maximum atomic E-state index is 10.8. The first kappa shape index (κ1) is 14.0. The van der Waals surface area contributed by atoms with Crippen molar-refractivity contribution in [3.8, 4) is 6.07 Å². The van der Waals surface area contributed by atoms with Crippen LogP contribution in [0.25, 0.3) is 0 Å². The van der Waals surface area contributed by atoms with Crippen LogP contribution in [0.3, 0.4) is 0 Å². The number of nitrogens with zero attached hydrogens (tertiary/aromatic N) is 2. The number of hydrogen-bond acceptors (Lipinski definition) is 4. The number of anilines is 1. The highest BCUT2D eigenvalue weighted by molar-refractivity contribution is 9.10. The first-order valence-corrected chi connectivity index (χ1v) is 6.56. The molecule has 1 N–H and O–H groups in total. The van der Waals surface area contributed by atoms with E-state index >= 15 is 0 Å². The quantitative estimate of drug-likeness (QED) is 0.681. The molecule has 0 radical (unpaired) electrons. The van der Waals surface area contributed by atoms with Crippen LogP contribution in [-0.4, -0.2) is 4.92 Å². The Bertz CT molecular complexity index is 695. The van der Waals surface area contributed by atoms with Crippen LogP contribution in [0.4, 0.5) is 11.4 Å². The molecular weight excluding hydrogens is 322 g/mol. The predicted octanol–water partition coefficient (Wildman–Crippen LogP) is 3.84. The number of benzene rings is 2. The summed E-state index contributed by atoms with van der Waals surface area (Å²) in [6, 6.07) is 14.1. The molecule has 0 saturated heterocycles. The van der Waals surface area contributed by atoms with Gasteiger partial charge in [-0.2, -0.15) is 5.26 Å². The zero-order valence-electron chi connectivity index (χ0n) is 10.3. The summed E-state index contributed by atoms with van der Waals surface area (Å²) < 4.78 is 0.444. The monoisotopic (exact) mass is 331 g/mol. The minimum Gasteiger partial charge on any atom is -0.381 e. The van der Waals surface area contributed by atoms with Crippen LogP contribution < -0.4 is 5.32 Å². The van der Waals surface area contributed by atoms with E-state index in [2.05, 4.69) is 27.3 Å². The first-order valence-electron chi connectivity index (χ1n) is 5.77. The lowest BCUT2D eigenvalue weighted by Gasteiger charge is -2.07. The molecule has 0 saturated carbocycles. The molecule has 2 aromatic carbocycles. The highest BCUT2D eigenvalue weighted by Crippen LogP contribution is 2.28. The van der Waals surface area contributed by atoms with Crippen LogP contribution in [0, 0.1) is 21.4 Å². The molecular formula is C14H10BrN3O2. The van der Waals surface area contributed by atoms with E-state index in [4.69, 9.17) is 5.26 Å². The van der Waals surface area contributed by atoms with Gasteiger partial charge in [-0.25, -0.2) is 0 Å². The summed E-state index contributed by atoms with van der Waals surface area (Å²) in [5, 5.41) is 22.8. The van der Waals surface area contributed by atoms with Crippen molar-refractivity contribution >= 4 is 27.3 Å². The van der Waals surface area contributed by atoms with E-state index < -0.39 is 4.92 Å². The molecule has 0 amide bonds. The predicted molar refractivity (Wildman–Crippen MR) is 79.3 cm³/mol. The van der Waals surface area contributed by atoms with Gasteiger partial charge in [0.1, 0.15) is 0 Å². The van der Waals surface area contributed by atoms with Gasteiger partial charge in [-0.05, 0) is 45.8 Å². The molecule has 2 aromatic rings. The van der Waals surface area contributed by atoms with Gasteiger partial charge in [0.25, 0.3) is 5.69 Å². The second-order valence-electron chi connectivity index (χ2n) is 4.09. The Morgan fingerprint density at radius 1 is 1.30 bits per heavy atom. The van der Waals surface area contributed by atoms with E-state index in [9.17, 15) is 10.1 Å². The second kappa shape index (κ2) is 6.17. The maximum absolute atomic E-state index is 10.8. The van der Waals surface area contributed by atoms with Crippen LogP contribution in [0.1, 0.15) is 11.1 Å². The minimum absolute atomic E-state index is 0.0146. The third kappa shape index (κ3) is 3.33. The van der Waals surface area contributed by atoms with Gasteiger partial charge >= 0.3 is 0 Å². The number of rotatable bonds is 4. The third-order valence-electron chi connectivity index (χ3n) is 2.70. The van der Waals surface area contributed by atoms with Crippen LogP contribution in [0.2, 0.25) is 0 Å². The van der Waals surface area contributed by atoms with Gasteiger partial charge in [0.05, 0.1) is 21.0 Å². The number of nitro groups is 1. The summed E-state index contributed by atoms with van der Waals surface area (Å²) in [6.45, 7) is 0.494.